The van der Waals surface area contributed by atoms with E-state index in [1.54, 1.807) is 6.07 Å². The lowest BCUT2D eigenvalue weighted by Crippen LogP contribution is -2.35. The van der Waals surface area contributed by atoms with Crippen molar-refractivity contribution in [3.63, 3.8) is 0 Å². The molecule has 0 aliphatic carbocycles. The molecule has 2 aromatic carbocycles. The smallest absolute Gasteiger partial charge is 0.123 e. The van der Waals surface area contributed by atoms with E-state index in [9.17, 15) is 4.39 Å². The third kappa shape index (κ3) is 2.69. The molecule has 0 aliphatic heterocycles. The van der Waals surface area contributed by atoms with E-state index in [4.69, 9.17) is 5.73 Å². The summed E-state index contributed by atoms with van der Waals surface area (Å²) in [4.78, 5) is 0. The zero-order valence-electron chi connectivity index (χ0n) is 11.7. The minimum absolute atomic E-state index is 0.224. The van der Waals surface area contributed by atoms with Crippen LogP contribution in [0.5, 0.6) is 0 Å². The van der Waals surface area contributed by atoms with Gasteiger partial charge in [-0.15, -0.1) is 0 Å². The van der Waals surface area contributed by atoms with Crippen LogP contribution < -0.4 is 5.73 Å². The number of halogens is 1. The normalized spacial score (nSPS) is 14.2. The molecule has 100 valence electrons. The first-order chi connectivity index (χ1) is 8.95. The van der Waals surface area contributed by atoms with Crippen molar-refractivity contribution in [3.05, 3.63) is 70.5 Å². The maximum atomic E-state index is 13.2. The summed E-state index contributed by atoms with van der Waals surface area (Å²) >= 11 is 0. The van der Waals surface area contributed by atoms with Gasteiger partial charge in [0.1, 0.15) is 5.82 Å². The van der Waals surface area contributed by atoms with Crippen LogP contribution in [0.1, 0.15) is 36.1 Å². The standard InChI is InChI=1S/C17H20FN/c1-4-13-5-7-14(8-6-13)17(3,19)16-10-9-15(18)11-12(16)2/h5-11H,4,19H2,1-3H3. The SMILES string of the molecule is CCc1ccc(C(C)(N)c2ccc(F)cc2C)cc1. The highest BCUT2D eigenvalue weighted by molar-refractivity contribution is 5.42. The third-order valence-corrected chi connectivity index (χ3v) is 3.71. The molecule has 0 saturated heterocycles. The predicted molar refractivity (Wildman–Crippen MR) is 77.6 cm³/mol. The summed E-state index contributed by atoms with van der Waals surface area (Å²) < 4.78 is 13.2. The Kier molecular flexibility index (Phi) is 3.72. The van der Waals surface area contributed by atoms with Crippen molar-refractivity contribution in [3.8, 4) is 0 Å². The lowest BCUT2D eigenvalue weighted by Gasteiger charge is -2.28. The number of hydrogen-bond acceptors (Lipinski definition) is 1. The van der Waals surface area contributed by atoms with Gasteiger partial charge in [0, 0.05) is 0 Å². The van der Waals surface area contributed by atoms with Gasteiger partial charge >= 0.3 is 0 Å². The molecule has 2 N–H and O–H groups in total. The van der Waals surface area contributed by atoms with E-state index in [0.29, 0.717) is 0 Å². The van der Waals surface area contributed by atoms with E-state index in [1.807, 2.05) is 13.8 Å². The van der Waals surface area contributed by atoms with Gasteiger partial charge in [0.25, 0.3) is 0 Å². The van der Waals surface area contributed by atoms with E-state index in [1.165, 1.54) is 17.7 Å². The molecule has 1 unspecified atom stereocenters. The molecule has 0 fully saturated rings. The fourth-order valence-corrected chi connectivity index (χ4v) is 2.45. The molecule has 0 spiro atoms. The van der Waals surface area contributed by atoms with Crippen LogP contribution in [0.4, 0.5) is 4.39 Å². The Balaban J connectivity index is 2.45. The van der Waals surface area contributed by atoms with E-state index < -0.39 is 5.54 Å². The summed E-state index contributed by atoms with van der Waals surface area (Å²) in [5.74, 6) is -0.224. The van der Waals surface area contributed by atoms with Gasteiger partial charge in [0.2, 0.25) is 0 Å². The van der Waals surface area contributed by atoms with Crippen LogP contribution in [0.15, 0.2) is 42.5 Å². The summed E-state index contributed by atoms with van der Waals surface area (Å²) in [5, 5.41) is 0. The molecule has 0 aromatic heterocycles. The summed E-state index contributed by atoms with van der Waals surface area (Å²) in [6, 6.07) is 13.1. The third-order valence-electron chi connectivity index (χ3n) is 3.71. The second-order valence-corrected chi connectivity index (χ2v) is 5.21. The molecule has 1 atom stereocenters. The summed E-state index contributed by atoms with van der Waals surface area (Å²) in [6.07, 6.45) is 1.01. The predicted octanol–water partition coefficient (Wildman–Crippen LogP) is 3.92. The largest absolute Gasteiger partial charge is 0.318 e. The zero-order valence-corrected chi connectivity index (χ0v) is 11.7. The van der Waals surface area contributed by atoms with Crippen molar-refractivity contribution in [1.82, 2.24) is 0 Å². The first-order valence-electron chi connectivity index (χ1n) is 6.60. The Bertz CT molecular complexity index is 570. The van der Waals surface area contributed by atoms with Crippen molar-refractivity contribution < 1.29 is 4.39 Å². The Morgan fingerprint density at radius 2 is 1.74 bits per heavy atom. The molecule has 0 bridgehead atoms. The molecule has 0 aliphatic rings. The fourth-order valence-electron chi connectivity index (χ4n) is 2.45. The lowest BCUT2D eigenvalue weighted by molar-refractivity contribution is 0.588. The van der Waals surface area contributed by atoms with Crippen molar-refractivity contribution in [1.29, 1.82) is 0 Å². The molecule has 0 radical (unpaired) electrons. The van der Waals surface area contributed by atoms with Gasteiger partial charge in [-0.1, -0.05) is 37.3 Å². The number of rotatable bonds is 3. The van der Waals surface area contributed by atoms with Crippen LogP contribution in [0.3, 0.4) is 0 Å². The Morgan fingerprint density at radius 1 is 1.11 bits per heavy atom. The summed E-state index contributed by atoms with van der Waals surface area (Å²) in [6.45, 7) is 5.99. The van der Waals surface area contributed by atoms with Crippen LogP contribution in [-0.2, 0) is 12.0 Å². The van der Waals surface area contributed by atoms with Gasteiger partial charge in [-0.05, 0) is 54.7 Å². The highest BCUT2D eigenvalue weighted by atomic mass is 19.1. The highest BCUT2D eigenvalue weighted by Gasteiger charge is 2.25. The lowest BCUT2D eigenvalue weighted by atomic mass is 9.83. The molecular weight excluding hydrogens is 237 g/mol. The molecule has 1 nitrogen and oxygen atoms in total. The molecule has 2 rings (SSSR count). The van der Waals surface area contributed by atoms with Crippen molar-refractivity contribution in [2.24, 2.45) is 5.73 Å². The average molecular weight is 257 g/mol. The van der Waals surface area contributed by atoms with Gasteiger partial charge in [-0.2, -0.15) is 0 Å². The fraction of sp³-hybridized carbons (Fsp3) is 0.294. The van der Waals surface area contributed by atoms with E-state index in [2.05, 4.69) is 31.2 Å². The van der Waals surface area contributed by atoms with Crippen LogP contribution in [0, 0.1) is 12.7 Å². The monoisotopic (exact) mass is 257 g/mol. The topological polar surface area (TPSA) is 26.0 Å². The molecule has 0 amide bonds. The molecular formula is C17H20FN. The van der Waals surface area contributed by atoms with Gasteiger partial charge in [-0.3, -0.25) is 0 Å². The van der Waals surface area contributed by atoms with Crippen LogP contribution in [0.2, 0.25) is 0 Å². The minimum atomic E-state index is -0.607. The molecule has 2 aromatic rings. The molecule has 19 heavy (non-hydrogen) atoms. The summed E-state index contributed by atoms with van der Waals surface area (Å²) in [5.41, 5.74) is 10.0. The quantitative estimate of drug-likeness (QED) is 0.886. The average Bonchev–Trinajstić information content (AvgIpc) is 2.38. The first-order valence-corrected chi connectivity index (χ1v) is 6.60. The maximum Gasteiger partial charge on any atom is 0.123 e. The van der Waals surface area contributed by atoms with Crippen molar-refractivity contribution in [2.45, 2.75) is 32.7 Å². The first kappa shape index (κ1) is 13.8. The number of aryl methyl sites for hydroxylation is 2. The minimum Gasteiger partial charge on any atom is -0.318 e. The van der Waals surface area contributed by atoms with E-state index in [0.717, 1.165) is 23.1 Å². The zero-order chi connectivity index (χ0) is 14.0. The van der Waals surface area contributed by atoms with Crippen molar-refractivity contribution >= 4 is 0 Å². The number of nitrogens with two attached hydrogens (primary N) is 1. The number of hydrogen-bond donors (Lipinski definition) is 1. The van der Waals surface area contributed by atoms with Crippen LogP contribution >= 0.6 is 0 Å². The Morgan fingerprint density at radius 3 is 2.26 bits per heavy atom. The van der Waals surface area contributed by atoms with Gasteiger partial charge in [-0.25, -0.2) is 4.39 Å². The van der Waals surface area contributed by atoms with Gasteiger partial charge in [0.05, 0.1) is 5.54 Å². The number of benzene rings is 2. The second-order valence-electron chi connectivity index (χ2n) is 5.21. The van der Waals surface area contributed by atoms with E-state index in [-0.39, 0.29) is 5.82 Å². The second kappa shape index (κ2) is 5.14. The van der Waals surface area contributed by atoms with Crippen LogP contribution in [0.25, 0.3) is 0 Å². The molecule has 0 saturated carbocycles. The Hall–Kier alpha value is -1.67. The molecule has 0 heterocycles. The maximum absolute atomic E-state index is 13.2. The van der Waals surface area contributed by atoms with Crippen LogP contribution in [-0.4, -0.2) is 0 Å². The Labute approximate surface area is 114 Å². The molecule has 2 heteroatoms. The van der Waals surface area contributed by atoms with E-state index >= 15 is 0 Å². The summed E-state index contributed by atoms with van der Waals surface area (Å²) in [7, 11) is 0. The van der Waals surface area contributed by atoms with Gasteiger partial charge in [0.15, 0.2) is 0 Å². The van der Waals surface area contributed by atoms with Crippen molar-refractivity contribution in [2.75, 3.05) is 0 Å². The highest BCUT2D eigenvalue weighted by Crippen LogP contribution is 2.29. The van der Waals surface area contributed by atoms with Gasteiger partial charge < -0.3 is 5.73 Å².